The zero-order chi connectivity index (χ0) is 12.3. The Kier molecular flexibility index (Phi) is 3.71. The van der Waals surface area contributed by atoms with Gasteiger partial charge in [0.05, 0.1) is 0 Å². The molecule has 3 nitrogen and oxygen atoms in total. The number of rotatable bonds is 4. The summed E-state index contributed by atoms with van der Waals surface area (Å²) >= 11 is 1.56. The molecule has 2 aromatic rings. The van der Waals surface area contributed by atoms with Crippen molar-refractivity contribution in [1.82, 2.24) is 4.98 Å². The number of hydrogen-bond donors (Lipinski definition) is 1. The van der Waals surface area contributed by atoms with Crippen LogP contribution in [0.5, 0.6) is 0 Å². The number of halogens is 1. The largest absolute Gasteiger partial charge is 0.326 e. The minimum atomic E-state index is -0.230. The second-order valence-corrected chi connectivity index (χ2v) is 4.63. The number of nitrogens with two attached hydrogens (primary N) is 1. The van der Waals surface area contributed by atoms with E-state index in [0.717, 1.165) is 22.2 Å². The lowest BCUT2D eigenvalue weighted by Crippen LogP contribution is -2.15. The second kappa shape index (κ2) is 5.25. The van der Waals surface area contributed by atoms with Crippen molar-refractivity contribution in [3.8, 4) is 0 Å². The highest BCUT2D eigenvalue weighted by Crippen LogP contribution is 2.29. The maximum absolute atomic E-state index is 12.9. The molecule has 0 spiro atoms. The lowest BCUT2D eigenvalue weighted by Gasteiger charge is -2.19. The molecule has 0 unspecified atom stereocenters. The first-order chi connectivity index (χ1) is 8.24. The molecule has 0 aliphatic heterocycles. The summed E-state index contributed by atoms with van der Waals surface area (Å²) < 4.78 is 12.9. The summed E-state index contributed by atoms with van der Waals surface area (Å²) in [5.41, 5.74) is 6.50. The zero-order valence-corrected chi connectivity index (χ0v) is 10.4. The maximum Gasteiger partial charge on any atom is 0.190 e. The molecule has 0 saturated heterocycles. The molecule has 17 heavy (non-hydrogen) atoms. The molecule has 0 amide bonds. The lowest BCUT2D eigenvalue weighted by atomic mass is 10.3. The predicted molar refractivity (Wildman–Crippen MR) is 69.1 cm³/mol. The van der Waals surface area contributed by atoms with Crippen LogP contribution in [-0.2, 0) is 6.54 Å². The van der Waals surface area contributed by atoms with Crippen LogP contribution in [0.1, 0.15) is 11.8 Å². The van der Waals surface area contributed by atoms with Crippen molar-refractivity contribution in [2.75, 3.05) is 11.4 Å². The van der Waals surface area contributed by atoms with Gasteiger partial charge in [0.2, 0.25) is 0 Å². The molecular weight excluding hydrogens is 237 g/mol. The van der Waals surface area contributed by atoms with Crippen LogP contribution < -0.4 is 10.6 Å². The van der Waals surface area contributed by atoms with E-state index in [0.29, 0.717) is 6.54 Å². The third-order valence-electron chi connectivity index (χ3n) is 2.43. The van der Waals surface area contributed by atoms with Gasteiger partial charge < -0.3 is 10.6 Å². The Labute approximate surface area is 104 Å². The zero-order valence-electron chi connectivity index (χ0n) is 9.56. The third-order valence-corrected chi connectivity index (χ3v) is 3.47. The minimum absolute atomic E-state index is 0.230. The molecular formula is C12H14FN3S. The highest BCUT2D eigenvalue weighted by molar-refractivity contribution is 7.15. The van der Waals surface area contributed by atoms with Gasteiger partial charge in [0, 0.05) is 29.9 Å². The quantitative estimate of drug-likeness (QED) is 0.908. The number of nitrogens with zero attached hydrogens (tertiary/aromatic N) is 2. The first-order valence-electron chi connectivity index (χ1n) is 5.42. The van der Waals surface area contributed by atoms with Crippen LogP contribution in [0.15, 0.2) is 30.5 Å². The van der Waals surface area contributed by atoms with Crippen LogP contribution in [0.4, 0.5) is 15.2 Å². The molecule has 1 aromatic heterocycles. The smallest absolute Gasteiger partial charge is 0.190 e. The summed E-state index contributed by atoms with van der Waals surface area (Å²) in [6.07, 6.45) is 1.78. The van der Waals surface area contributed by atoms with Crippen LogP contribution in [0.3, 0.4) is 0 Å². The average molecular weight is 251 g/mol. The fraction of sp³-hybridized carbons (Fsp3) is 0.250. The Hall–Kier alpha value is -1.46. The van der Waals surface area contributed by atoms with Gasteiger partial charge in [-0.3, -0.25) is 0 Å². The van der Waals surface area contributed by atoms with E-state index >= 15 is 0 Å². The van der Waals surface area contributed by atoms with Crippen LogP contribution in [0.2, 0.25) is 0 Å². The monoisotopic (exact) mass is 251 g/mol. The van der Waals surface area contributed by atoms with E-state index < -0.39 is 0 Å². The first-order valence-corrected chi connectivity index (χ1v) is 6.24. The molecule has 0 bridgehead atoms. The molecule has 0 aliphatic carbocycles. The summed E-state index contributed by atoms with van der Waals surface area (Å²) in [5, 5.41) is 0.888. The number of thiazole rings is 1. The first kappa shape index (κ1) is 12.0. The second-order valence-electron chi connectivity index (χ2n) is 3.53. The van der Waals surface area contributed by atoms with Crippen molar-refractivity contribution in [1.29, 1.82) is 0 Å². The molecule has 1 aromatic carbocycles. The third kappa shape index (κ3) is 2.62. The Balaban J connectivity index is 2.29. The van der Waals surface area contributed by atoms with Gasteiger partial charge in [-0.05, 0) is 31.2 Å². The van der Waals surface area contributed by atoms with Crippen LogP contribution in [0.25, 0.3) is 0 Å². The van der Waals surface area contributed by atoms with Crippen molar-refractivity contribution in [3.05, 3.63) is 41.2 Å². The van der Waals surface area contributed by atoms with E-state index in [-0.39, 0.29) is 5.82 Å². The Morgan fingerprint density at radius 2 is 2.06 bits per heavy atom. The van der Waals surface area contributed by atoms with Gasteiger partial charge >= 0.3 is 0 Å². The summed E-state index contributed by atoms with van der Waals surface area (Å²) in [5.74, 6) is -0.230. The van der Waals surface area contributed by atoms with Gasteiger partial charge in [-0.1, -0.05) is 0 Å². The summed E-state index contributed by atoms with van der Waals surface area (Å²) in [7, 11) is 0. The number of anilines is 2. The molecule has 0 fully saturated rings. The van der Waals surface area contributed by atoms with Crippen molar-refractivity contribution < 1.29 is 4.39 Å². The van der Waals surface area contributed by atoms with Gasteiger partial charge in [-0.15, -0.1) is 11.3 Å². The minimum Gasteiger partial charge on any atom is -0.326 e. The molecule has 90 valence electrons. The number of hydrogen-bond acceptors (Lipinski definition) is 4. The fourth-order valence-corrected chi connectivity index (χ4v) is 2.44. The summed E-state index contributed by atoms with van der Waals surface area (Å²) in [6, 6.07) is 6.41. The Morgan fingerprint density at radius 1 is 1.35 bits per heavy atom. The topological polar surface area (TPSA) is 42.2 Å². The van der Waals surface area contributed by atoms with Crippen LogP contribution >= 0.6 is 11.3 Å². The normalized spacial score (nSPS) is 10.5. The molecule has 0 atom stereocenters. The predicted octanol–water partition coefficient (Wildman–Crippen LogP) is 2.90. The molecule has 5 heteroatoms. The van der Waals surface area contributed by atoms with Gasteiger partial charge in [0.25, 0.3) is 0 Å². The standard InChI is InChI=1S/C12H14FN3S/c1-2-16(10-5-3-9(13)4-6-10)12-15-8-11(7-14)17-12/h3-6,8H,2,7,14H2,1H3. The van der Waals surface area contributed by atoms with Gasteiger partial charge in [-0.2, -0.15) is 0 Å². The highest BCUT2D eigenvalue weighted by atomic mass is 32.1. The van der Waals surface area contributed by atoms with E-state index in [1.165, 1.54) is 12.1 Å². The van der Waals surface area contributed by atoms with Gasteiger partial charge in [0.1, 0.15) is 5.82 Å². The fourth-order valence-electron chi connectivity index (χ4n) is 1.57. The van der Waals surface area contributed by atoms with E-state index in [1.807, 2.05) is 11.8 Å². The van der Waals surface area contributed by atoms with E-state index in [1.54, 1.807) is 29.7 Å². The average Bonchev–Trinajstić information content (AvgIpc) is 2.81. The Morgan fingerprint density at radius 3 is 2.59 bits per heavy atom. The Bertz CT molecular complexity index is 481. The number of aromatic nitrogens is 1. The van der Waals surface area contributed by atoms with E-state index in [9.17, 15) is 4.39 Å². The van der Waals surface area contributed by atoms with Crippen molar-refractivity contribution in [3.63, 3.8) is 0 Å². The molecule has 2 rings (SSSR count). The molecule has 0 aliphatic rings. The highest BCUT2D eigenvalue weighted by Gasteiger charge is 2.11. The van der Waals surface area contributed by atoms with Crippen LogP contribution in [-0.4, -0.2) is 11.5 Å². The maximum atomic E-state index is 12.9. The number of benzene rings is 1. The lowest BCUT2D eigenvalue weighted by molar-refractivity contribution is 0.628. The van der Waals surface area contributed by atoms with Crippen LogP contribution in [0, 0.1) is 5.82 Å². The summed E-state index contributed by atoms with van der Waals surface area (Å²) in [6.45, 7) is 3.31. The van der Waals surface area contributed by atoms with Gasteiger partial charge in [-0.25, -0.2) is 9.37 Å². The molecule has 1 heterocycles. The van der Waals surface area contributed by atoms with E-state index in [2.05, 4.69) is 4.98 Å². The SMILES string of the molecule is CCN(c1ccc(F)cc1)c1ncc(CN)s1. The molecule has 2 N–H and O–H groups in total. The van der Waals surface area contributed by atoms with Crippen molar-refractivity contribution in [2.45, 2.75) is 13.5 Å². The summed E-state index contributed by atoms with van der Waals surface area (Å²) in [4.78, 5) is 7.40. The van der Waals surface area contributed by atoms with E-state index in [4.69, 9.17) is 5.73 Å². The van der Waals surface area contributed by atoms with Crippen molar-refractivity contribution >= 4 is 22.2 Å². The van der Waals surface area contributed by atoms with Gasteiger partial charge in [0.15, 0.2) is 5.13 Å². The molecule has 0 saturated carbocycles. The van der Waals surface area contributed by atoms with Crippen molar-refractivity contribution in [2.24, 2.45) is 5.73 Å². The molecule has 0 radical (unpaired) electrons.